The largest absolute Gasteiger partial charge is 0.434 e. The molecule has 4 N–H and O–H groups in total. The number of benzene rings is 2. The SMILES string of the molecule is CC(c1cccc2c1CCC2)C(NS(=O)(=O)c1ccc(N)c2cccnc12)c1n[nH]c(=O)o1. The van der Waals surface area contributed by atoms with Crippen molar-refractivity contribution in [2.24, 2.45) is 0 Å². The van der Waals surface area contributed by atoms with Crippen molar-refractivity contribution in [2.75, 3.05) is 5.73 Å². The summed E-state index contributed by atoms with van der Waals surface area (Å²) < 4.78 is 35.1. The molecule has 10 heteroatoms. The lowest BCUT2D eigenvalue weighted by Gasteiger charge is -2.24. The minimum absolute atomic E-state index is 0.0133. The van der Waals surface area contributed by atoms with Crippen molar-refractivity contribution in [3.05, 3.63) is 81.8 Å². The first-order valence-electron chi connectivity index (χ1n) is 10.7. The molecule has 0 saturated carbocycles. The summed E-state index contributed by atoms with van der Waals surface area (Å²) in [6.07, 6.45) is 4.48. The molecule has 33 heavy (non-hydrogen) atoms. The lowest BCUT2D eigenvalue weighted by Crippen LogP contribution is -2.33. The van der Waals surface area contributed by atoms with Gasteiger partial charge in [0.25, 0.3) is 0 Å². The average Bonchev–Trinajstić information content (AvgIpc) is 3.46. The summed E-state index contributed by atoms with van der Waals surface area (Å²) in [5.41, 5.74) is 10.2. The lowest BCUT2D eigenvalue weighted by atomic mass is 9.88. The molecule has 2 aromatic heterocycles. The van der Waals surface area contributed by atoms with Crippen molar-refractivity contribution in [2.45, 2.75) is 43.0 Å². The van der Waals surface area contributed by atoms with E-state index in [9.17, 15) is 13.2 Å². The number of aryl methyl sites for hydroxylation is 1. The van der Waals surface area contributed by atoms with E-state index < -0.39 is 21.8 Å². The molecule has 170 valence electrons. The number of H-pyrrole nitrogens is 1. The van der Waals surface area contributed by atoms with Crippen molar-refractivity contribution >= 4 is 26.6 Å². The zero-order chi connectivity index (χ0) is 23.2. The van der Waals surface area contributed by atoms with Gasteiger partial charge in [0.05, 0.1) is 5.52 Å². The van der Waals surface area contributed by atoms with Gasteiger partial charge in [-0.3, -0.25) is 4.98 Å². The molecule has 2 unspecified atom stereocenters. The van der Waals surface area contributed by atoms with E-state index in [4.69, 9.17) is 10.2 Å². The molecule has 0 radical (unpaired) electrons. The van der Waals surface area contributed by atoms with E-state index in [0.29, 0.717) is 11.1 Å². The number of hydrogen-bond acceptors (Lipinski definition) is 7. The van der Waals surface area contributed by atoms with Crippen molar-refractivity contribution in [1.82, 2.24) is 19.9 Å². The van der Waals surface area contributed by atoms with E-state index in [2.05, 4.69) is 26.0 Å². The van der Waals surface area contributed by atoms with Gasteiger partial charge in [-0.15, -0.1) is 5.10 Å². The maximum absolute atomic E-state index is 13.6. The molecule has 9 nitrogen and oxygen atoms in total. The number of nitrogens with one attached hydrogen (secondary N) is 2. The quantitative estimate of drug-likeness (QED) is 0.371. The first kappa shape index (κ1) is 21.4. The molecule has 0 spiro atoms. The minimum Gasteiger partial charge on any atom is -0.398 e. The summed E-state index contributed by atoms with van der Waals surface area (Å²) in [7, 11) is -4.09. The third kappa shape index (κ3) is 3.81. The fraction of sp³-hybridized carbons (Fsp3) is 0.261. The van der Waals surface area contributed by atoms with Gasteiger partial charge in [0.15, 0.2) is 0 Å². The van der Waals surface area contributed by atoms with Crippen molar-refractivity contribution in [1.29, 1.82) is 0 Å². The van der Waals surface area contributed by atoms with Crippen LogP contribution < -0.4 is 16.2 Å². The summed E-state index contributed by atoms with van der Waals surface area (Å²) in [5.74, 6) is -1.13. The average molecular weight is 466 g/mol. The van der Waals surface area contributed by atoms with Gasteiger partial charge in [0, 0.05) is 23.2 Å². The van der Waals surface area contributed by atoms with Gasteiger partial charge in [-0.1, -0.05) is 25.1 Å². The monoisotopic (exact) mass is 465 g/mol. The molecule has 4 aromatic rings. The number of fused-ring (bicyclic) bond motifs is 2. The lowest BCUT2D eigenvalue weighted by molar-refractivity contribution is 0.381. The summed E-state index contributed by atoms with van der Waals surface area (Å²) in [6, 6.07) is 11.5. The minimum atomic E-state index is -4.09. The van der Waals surface area contributed by atoms with E-state index in [1.165, 1.54) is 29.5 Å². The Labute approximate surface area is 190 Å². The number of hydrogen-bond donors (Lipinski definition) is 3. The summed E-state index contributed by atoms with van der Waals surface area (Å²) >= 11 is 0. The maximum Gasteiger partial charge on any atom is 0.434 e. The van der Waals surface area contributed by atoms with Gasteiger partial charge in [0.2, 0.25) is 15.9 Å². The predicted molar refractivity (Wildman–Crippen MR) is 123 cm³/mol. The fourth-order valence-electron chi connectivity index (χ4n) is 4.61. The third-order valence-corrected chi connectivity index (χ3v) is 7.70. The van der Waals surface area contributed by atoms with E-state index in [1.54, 1.807) is 12.1 Å². The zero-order valence-corrected chi connectivity index (χ0v) is 18.7. The van der Waals surface area contributed by atoms with Crippen LogP contribution in [0, 0.1) is 0 Å². The Bertz CT molecular complexity index is 1510. The number of rotatable bonds is 6. The molecular weight excluding hydrogens is 442 g/mol. The fourth-order valence-corrected chi connectivity index (χ4v) is 6.04. The molecule has 0 amide bonds. The Hall–Kier alpha value is -3.50. The van der Waals surface area contributed by atoms with Gasteiger partial charge in [-0.2, -0.15) is 4.72 Å². The number of aromatic nitrogens is 3. The van der Waals surface area contributed by atoms with Crippen molar-refractivity contribution in [3.8, 4) is 0 Å². The Kier molecular flexibility index (Phi) is 5.26. The molecule has 2 atom stereocenters. The molecule has 5 rings (SSSR count). The molecule has 0 aliphatic heterocycles. The van der Waals surface area contributed by atoms with Crippen LogP contribution in [-0.4, -0.2) is 23.6 Å². The smallest absolute Gasteiger partial charge is 0.398 e. The van der Waals surface area contributed by atoms with Gasteiger partial charge in [-0.25, -0.2) is 18.3 Å². The second-order valence-electron chi connectivity index (χ2n) is 8.23. The van der Waals surface area contributed by atoms with Crippen LogP contribution in [0.15, 0.2) is 62.8 Å². The Morgan fingerprint density at radius 2 is 2.00 bits per heavy atom. The highest BCUT2D eigenvalue weighted by Crippen LogP contribution is 2.37. The van der Waals surface area contributed by atoms with Crippen molar-refractivity contribution in [3.63, 3.8) is 0 Å². The number of anilines is 1. The molecule has 2 heterocycles. The number of nitrogens with two attached hydrogens (primary N) is 1. The second-order valence-corrected chi connectivity index (χ2v) is 9.91. The molecule has 1 aliphatic carbocycles. The Balaban J connectivity index is 1.60. The molecule has 0 saturated heterocycles. The molecule has 0 fully saturated rings. The number of nitrogen functional groups attached to an aromatic ring is 1. The zero-order valence-electron chi connectivity index (χ0n) is 17.9. The Morgan fingerprint density at radius 1 is 1.15 bits per heavy atom. The molecular formula is C23H23N5O4S. The predicted octanol–water partition coefficient (Wildman–Crippen LogP) is 2.81. The second kappa shape index (κ2) is 8.13. The van der Waals surface area contributed by atoms with E-state index in [-0.39, 0.29) is 22.2 Å². The van der Waals surface area contributed by atoms with Gasteiger partial charge in [-0.05, 0) is 60.2 Å². The number of nitrogens with zero attached hydrogens (tertiary/aromatic N) is 2. The molecule has 1 aliphatic rings. The highest BCUT2D eigenvalue weighted by Gasteiger charge is 2.33. The van der Waals surface area contributed by atoms with Crippen LogP contribution in [0.5, 0.6) is 0 Å². The van der Waals surface area contributed by atoms with Crippen LogP contribution >= 0.6 is 0 Å². The number of aromatic amines is 1. The first-order chi connectivity index (χ1) is 15.8. The Morgan fingerprint density at radius 3 is 2.79 bits per heavy atom. The van der Waals surface area contributed by atoms with E-state index in [0.717, 1.165) is 24.8 Å². The number of pyridine rings is 1. The van der Waals surface area contributed by atoms with Crippen LogP contribution in [-0.2, 0) is 22.9 Å². The molecule has 0 bridgehead atoms. The maximum atomic E-state index is 13.6. The van der Waals surface area contributed by atoms with Crippen LogP contribution in [0.25, 0.3) is 10.9 Å². The topological polar surface area (TPSA) is 144 Å². The summed E-state index contributed by atoms with van der Waals surface area (Å²) in [5, 5.41) is 6.72. The van der Waals surface area contributed by atoms with Gasteiger partial charge >= 0.3 is 5.76 Å². The van der Waals surface area contributed by atoms with E-state index >= 15 is 0 Å². The number of sulfonamides is 1. The van der Waals surface area contributed by atoms with Crippen LogP contribution in [0.3, 0.4) is 0 Å². The first-order valence-corrected chi connectivity index (χ1v) is 12.1. The van der Waals surface area contributed by atoms with Crippen LogP contribution in [0.2, 0.25) is 0 Å². The van der Waals surface area contributed by atoms with Crippen LogP contribution in [0.4, 0.5) is 5.69 Å². The standard InChI is InChI=1S/C23H23N5O4S/c1-13(15-7-2-5-14-6-3-8-16(14)15)20(22-26-27-23(29)32-22)28-33(30,31)19-11-10-18(24)17-9-4-12-25-21(17)19/h2,4-5,7,9-13,20,28H,3,6,8,24H2,1H3,(H,27,29). The summed E-state index contributed by atoms with van der Waals surface area (Å²) in [6.45, 7) is 1.90. The van der Waals surface area contributed by atoms with E-state index in [1.807, 2.05) is 19.1 Å². The van der Waals surface area contributed by atoms with Crippen LogP contribution in [0.1, 0.15) is 47.9 Å². The van der Waals surface area contributed by atoms with Crippen molar-refractivity contribution < 1.29 is 12.8 Å². The summed E-state index contributed by atoms with van der Waals surface area (Å²) in [4.78, 5) is 15.9. The third-order valence-electron chi connectivity index (χ3n) is 6.23. The highest BCUT2D eigenvalue weighted by molar-refractivity contribution is 7.89. The normalized spacial score (nSPS) is 15.4. The van der Waals surface area contributed by atoms with Gasteiger partial charge in [0.1, 0.15) is 10.9 Å². The highest BCUT2D eigenvalue weighted by atomic mass is 32.2. The van der Waals surface area contributed by atoms with Gasteiger partial charge < -0.3 is 10.2 Å². The molecule has 2 aromatic carbocycles.